The Morgan fingerprint density at radius 2 is 1.54 bits per heavy atom. The lowest BCUT2D eigenvalue weighted by molar-refractivity contribution is -0.171. The van der Waals surface area contributed by atoms with Gasteiger partial charge in [-0.3, -0.25) is 9.59 Å². The van der Waals surface area contributed by atoms with Gasteiger partial charge in [0.15, 0.2) is 0 Å². The zero-order valence-corrected chi connectivity index (χ0v) is 18.1. The predicted octanol–water partition coefficient (Wildman–Crippen LogP) is 6.53. The van der Waals surface area contributed by atoms with Gasteiger partial charge in [0.05, 0.1) is 11.3 Å². The smallest absolute Gasteiger partial charge is 0.310 e. The molecular weight excluding hydrogens is 352 g/mol. The minimum Gasteiger partial charge on any atom is -0.481 e. The van der Waals surface area contributed by atoms with E-state index in [0.29, 0.717) is 12.8 Å². The molecule has 3 unspecified atom stereocenters. The van der Waals surface area contributed by atoms with Gasteiger partial charge < -0.3 is 10.2 Å². The number of aliphatic carboxylic acids is 2. The van der Waals surface area contributed by atoms with Gasteiger partial charge in [-0.1, -0.05) is 78.1 Å². The normalized spacial score (nSPS) is 29.1. The predicted molar refractivity (Wildman–Crippen MR) is 112 cm³/mol. The largest absolute Gasteiger partial charge is 0.481 e. The molecule has 0 saturated heterocycles. The van der Waals surface area contributed by atoms with Crippen LogP contribution in [0.5, 0.6) is 0 Å². The Bertz CT molecular complexity index is 495. The molecule has 2 aliphatic rings. The van der Waals surface area contributed by atoms with Crippen LogP contribution in [0.4, 0.5) is 0 Å². The first-order valence-corrected chi connectivity index (χ1v) is 11.9. The standard InChI is InChI=1S/C24H42O4/c1-18(2)12-7-4-3-5-10-16-21-20(22(25)26)15-11-17-24(21,23(27)28)19-13-8-6-9-14-19/h18-21H,3-17H2,1-2H3,(H,25,26)(H,27,28). The van der Waals surface area contributed by atoms with Crippen molar-refractivity contribution in [1.82, 2.24) is 0 Å². The van der Waals surface area contributed by atoms with Gasteiger partial charge in [0.1, 0.15) is 0 Å². The fraction of sp³-hybridized carbons (Fsp3) is 0.917. The van der Waals surface area contributed by atoms with Crippen LogP contribution in [0, 0.1) is 29.1 Å². The number of hydrogen-bond donors (Lipinski definition) is 2. The Labute approximate surface area is 171 Å². The van der Waals surface area contributed by atoms with Crippen LogP contribution in [-0.4, -0.2) is 22.2 Å². The van der Waals surface area contributed by atoms with Gasteiger partial charge >= 0.3 is 11.9 Å². The van der Waals surface area contributed by atoms with Crippen LogP contribution >= 0.6 is 0 Å². The summed E-state index contributed by atoms with van der Waals surface area (Å²) in [4.78, 5) is 24.6. The number of carbonyl (C=O) groups is 2. The van der Waals surface area contributed by atoms with Crippen molar-refractivity contribution >= 4 is 11.9 Å². The molecule has 2 saturated carbocycles. The van der Waals surface area contributed by atoms with Crippen LogP contribution < -0.4 is 0 Å². The number of carboxylic acids is 2. The van der Waals surface area contributed by atoms with E-state index in [1.165, 1.54) is 32.1 Å². The lowest BCUT2D eigenvalue weighted by Crippen LogP contribution is -2.52. The van der Waals surface area contributed by atoms with Crippen molar-refractivity contribution in [2.45, 2.75) is 110 Å². The molecule has 0 aromatic carbocycles. The van der Waals surface area contributed by atoms with Crippen LogP contribution in [-0.2, 0) is 9.59 Å². The molecule has 0 radical (unpaired) electrons. The molecule has 0 amide bonds. The summed E-state index contributed by atoms with van der Waals surface area (Å²) >= 11 is 0. The summed E-state index contributed by atoms with van der Waals surface area (Å²) in [5.74, 6) is -1.25. The molecule has 0 spiro atoms. The van der Waals surface area contributed by atoms with Crippen molar-refractivity contribution in [3.8, 4) is 0 Å². The molecule has 0 aromatic rings. The van der Waals surface area contributed by atoms with Crippen LogP contribution in [0.1, 0.15) is 110 Å². The van der Waals surface area contributed by atoms with E-state index >= 15 is 0 Å². The Morgan fingerprint density at radius 3 is 2.14 bits per heavy atom. The molecule has 2 N–H and O–H groups in total. The highest BCUT2D eigenvalue weighted by atomic mass is 16.4. The van der Waals surface area contributed by atoms with Gasteiger partial charge in [0, 0.05) is 0 Å². The van der Waals surface area contributed by atoms with E-state index in [-0.39, 0.29) is 11.8 Å². The maximum atomic E-state index is 12.6. The number of unbranched alkanes of at least 4 members (excludes halogenated alkanes) is 4. The SMILES string of the molecule is CC(C)CCCCCCCC1C(C(=O)O)CCCC1(C(=O)O)C1CCCCC1. The Morgan fingerprint density at radius 1 is 0.893 bits per heavy atom. The summed E-state index contributed by atoms with van der Waals surface area (Å²) < 4.78 is 0. The second kappa shape index (κ2) is 11.2. The molecule has 0 aromatic heterocycles. The molecule has 28 heavy (non-hydrogen) atoms. The minimum atomic E-state index is -0.806. The summed E-state index contributed by atoms with van der Waals surface area (Å²) in [6.07, 6.45) is 15.2. The van der Waals surface area contributed by atoms with Crippen molar-refractivity contribution in [1.29, 1.82) is 0 Å². The van der Waals surface area contributed by atoms with Gasteiger partial charge in [-0.25, -0.2) is 0 Å². The molecule has 2 fully saturated rings. The zero-order chi connectivity index (χ0) is 20.6. The highest BCUT2D eigenvalue weighted by molar-refractivity contribution is 5.78. The van der Waals surface area contributed by atoms with Gasteiger partial charge in [0.25, 0.3) is 0 Å². The molecule has 2 aliphatic carbocycles. The molecule has 4 nitrogen and oxygen atoms in total. The fourth-order valence-corrected chi connectivity index (χ4v) is 6.13. The monoisotopic (exact) mass is 394 g/mol. The second-order valence-corrected chi connectivity index (χ2v) is 9.86. The summed E-state index contributed by atoms with van der Waals surface area (Å²) in [7, 11) is 0. The van der Waals surface area contributed by atoms with E-state index in [0.717, 1.165) is 57.3 Å². The highest BCUT2D eigenvalue weighted by Crippen LogP contribution is 2.55. The first kappa shape index (κ1) is 23.2. The molecule has 0 heterocycles. The number of carboxylic acid groups (broad SMARTS) is 2. The number of hydrogen-bond acceptors (Lipinski definition) is 2. The first-order valence-electron chi connectivity index (χ1n) is 11.9. The van der Waals surface area contributed by atoms with Crippen LogP contribution in [0.15, 0.2) is 0 Å². The lowest BCUT2D eigenvalue weighted by Gasteiger charge is -2.50. The Hall–Kier alpha value is -1.06. The average molecular weight is 395 g/mol. The number of rotatable bonds is 11. The molecule has 162 valence electrons. The van der Waals surface area contributed by atoms with E-state index in [1.807, 2.05) is 0 Å². The zero-order valence-electron chi connectivity index (χ0n) is 18.1. The maximum absolute atomic E-state index is 12.6. The van der Waals surface area contributed by atoms with E-state index < -0.39 is 23.3 Å². The lowest BCUT2D eigenvalue weighted by atomic mass is 9.52. The summed E-state index contributed by atoms with van der Waals surface area (Å²) in [6, 6.07) is 0. The van der Waals surface area contributed by atoms with Crippen molar-refractivity contribution in [3.05, 3.63) is 0 Å². The van der Waals surface area contributed by atoms with Crippen molar-refractivity contribution in [3.63, 3.8) is 0 Å². The molecule has 0 bridgehead atoms. The van der Waals surface area contributed by atoms with Crippen LogP contribution in [0.3, 0.4) is 0 Å². The maximum Gasteiger partial charge on any atom is 0.310 e. The van der Waals surface area contributed by atoms with Gasteiger partial charge in [-0.2, -0.15) is 0 Å². The summed E-state index contributed by atoms with van der Waals surface area (Å²) in [5, 5.41) is 20.2. The molecule has 0 aliphatic heterocycles. The quantitative estimate of drug-likeness (QED) is 0.391. The van der Waals surface area contributed by atoms with Crippen LogP contribution in [0.2, 0.25) is 0 Å². The third-order valence-corrected chi connectivity index (χ3v) is 7.60. The topological polar surface area (TPSA) is 74.6 Å². The highest BCUT2D eigenvalue weighted by Gasteiger charge is 2.56. The molecule has 3 atom stereocenters. The van der Waals surface area contributed by atoms with E-state index in [9.17, 15) is 19.8 Å². The summed E-state index contributed by atoms with van der Waals surface area (Å²) in [5.41, 5.74) is -0.806. The Balaban J connectivity index is 2.04. The third-order valence-electron chi connectivity index (χ3n) is 7.60. The van der Waals surface area contributed by atoms with E-state index in [1.54, 1.807) is 0 Å². The fourth-order valence-electron chi connectivity index (χ4n) is 6.13. The van der Waals surface area contributed by atoms with Crippen molar-refractivity contribution < 1.29 is 19.8 Å². The van der Waals surface area contributed by atoms with Gasteiger partial charge in [-0.15, -0.1) is 0 Å². The van der Waals surface area contributed by atoms with Gasteiger partial charge in [-0.05, 0) is 49.9 Å². The van der Waals surface area contributed by atoms with Crippen LogP contribution in [0.25, 0.3) is 0 Å². The first-order chi connectivity index (χ1) is 13.4. The van der Waals surface area contributed by atoms with Crippen molar-refractivity contribution in [2.75, 3.05) is 0 Å². The average Bonchev–Trinajstić information content (AvgIpc) is 2.67. The van der Waals surface area contributed by atoms with Gasteiger partial charge in [0.2, 0.25) is 0 Å². The Kier molecular flexibility index (Phi) is 9.30. The van der Waals surface area contributed by atoms with Crippen molar-refractivity contribution in [2.24, 2.45) is 29.1 Å². The van der Waals surface area contributed by atoms with E-state index in [2.05, 4.69) is 13.8 Å². The molecule has 4 heteroatoms. The minimum absolute atomic E-state index is 0.164. The van der Waals surface area contributed by atoms with E-state index in [4.69, 9.17) is 0 Å². The molecular formula is C24H42O4. The second-order valence-electron chi connectivity index (χ2n) is 9.86. The molecule has 2 rings (SSSR count). The third kappa shape index (κ3) is 5.73. The summed E-state index contributed by atoms with van der Waals surface area (Å²) in [6.45, 7) is 4.51.